The molecule has 4 nitrogen and oxygen atoms in total. The lowest BCUT2D eigenvalue weighted by Gasteiger charge is -2.08. The highest BCUT2D eigenvalue weighted by Gasteiger charge is 2.24. The summed E-state index contributed by atoms with van der Waals surface area (Å²) in [5.41, 5.74) is 6.39. The fraction of sp³-hybridized carbons (Fsp3) is 0.0400. The molecule has 0 aliphatic carbocycles. The normalized spacial score (nSPS) is 13.9. The number of amides is 1. The molecule has 5 rings (SSSR count). The summed E-state index contributed by atoms with van der Waals surface area (Å²) < 4.78 is 5.53. The number of hydrogen-bond donors (Lipinski definition) is 1. The SMILES string of the molecule is COc1ccc(/C=C2/C(=O)Nc3cc(-c4cccnc4)ccc32)cc1-c1cccs1. The Balaban J connectivity index is 1.55. The number of methoxy groups -OCH3 is 1. The minimum atomic E-state index is -0.0955. The van der Waals surface area contributed by atoms with E-state index in [9.17, 15) is 4.79 Å². The number of rotatable bonds is 4. The molecule has 0 saturated carbocycles. The molecule has 3 heterocycles. The van der Waals surface area contributed by atoms with Gasteiger partial charge in [0.2, 0.25) is 0 Å². The van der Waals surface area contributed by atoms with Crippen molar-refractivity contribution in [1.82, 2.24) is 4.98 Å². The lowest BCUT2D eigenvalue weighted by atomic mass is 9.99. The number of carbonyl (C=O) groups is 1. The van der Waals surface area contributed by atoms with Crippen LogP contribution in [0.4, 0.5) is 5.69 Å². The van der Waals surface area contributed by atoms with E-state index in [0.717, 1.165) is 44.1 Å². The summed E-state index contributed by atoms with van der Waals surface area (Å²) in [6, 6.07) is 20.0. The first-order chi connectivity index (χ1) is 14.7. The lowest BCUT2D eigenvalue weighted by molar-refractivity contribution is -0.110. The average molecular weight is 410 g/mol. The van der Waals surface area contributed by atoms with Crippen LogP contribution in [0.25, 0.3) is 33.2 Å². The molecule has 0 unspecified atom stereocenters. The van der Waals surface area contributed by atoms with Gasteiger partial charge in [0.05, 0.1) is 7.11 Å². The molecule has 0 bridgehead atoms. The summed E-state index contributed by atoms with van der Waals surface area (Å²) in [6.45, 7) is 0. The monoisotopic (exact) mass is 410 g/mol. The van der Waals surface area contributed by atoms with Crippen LogP contribution in [-0.4, -0.2) is 18.0 Å². The van der Waals surface area contributed by atoms with E-state index in [2.05, 4.69) is 22.4 Å². The van der Waals surface area contributed by atoms with Gasteiger partial charge in [-0.3, -0.25) is 9.78 Å². The molecule has 0 fully saturated rings. The van der Waals surface area contributed by atoms with E-state index >= 15 is 0 Å². The first kappa shape index (κ1) is 18.3. The zero-order valence-corrected chi connectivity index (χ0v) is 17.1. The topological polar surface area (TPSA) is 51.2 Å². The molecule has 1 amide bonds. The maximum atomic E-state index is 12.7. The Morgan fingerprint density at radius 1 is 1.00 bits per heavy atom. The predicted octanol–water partition coefficient (Wildman–Crippen LogP) is 5.98. The number of benzene rings is 2. The highest BCUT2D eigenvalue weighted by Crippen LogP contribution is 2.38. The van der Waals surface area contributed by atoms with E-state index in [1.807, 2.05) is 66.2 Å². The van der Waals surface area contributed by atoms with Crippen LogP contribution in [0.15, 0.2) is 78.4 Å². The Kier molecular flexibility index (Phi) is 4.65. The second kappa shape index (κ2) is 7.61. The van der Waals surface area contributed by atoms with Crippen LogP contribution in [0.1, 0.15) is 11.1 Å². The van der Waals surface area contributed by atoms with Gasteiger partial charge in [-0.05, 0) is 52.9 Å². The predicted molar refractivity (Wildman–Crippen MR) is 122 cm³/mol. The number of carbonyl (C=O) groups excluding carboxylic acids is 1. The maximum absolute atomic E-state index is 12.7. The fourth-order valence-corrected chi connectivity index (χ4v) is 4.40. The molecule has 4 aromatic rings. The smallest absolute Gasteiger partial charge is 0.256 e. The molecule has 2 aromatic carbocycles. The van der Waals surface area contributed by atoms with Gasteiger partial charge < -0.3 is 10.1 Å². The molecule has 2 aromatic heterocycles. The number of hydrogen-bond acceptors (Lipinski definition) is 4. The van der Waals surface area contributed by atoms with E-state index < -0.39 is 0 Å². The molecule has 0 spiro atoms. The molecule has 0 radical (unpaired) electrons. The number of anilines is 1. The van der Waals surface area contributed by atoms with Gasteiger partial charge in [0.1, 0.15) is 5.75 Å². The van der Waals surface area contributed by atoms with Gasteiger partial charge in [-0.2, -0.15) is 0 Å². The zero-order valence-electron chi connectivity index (χ0n) is 16.3. The van der Waals surface area contributed by atoms with Crippen molar-refractivity contribution in [3.63, 3.8) is 0 Å². The maximum Gasteiger partial charge on any atom is 0.256 e. The first-order valence-electron chi connectivity index (χ1n) is 9.53. The number of nitrogens with one attached hydrogen (secondary N) is 1. The molecule has 1 aliphatic rings. The molecule has 0 saturated heterocycles. The number of aromatic nitrogens is 1. The van der Waals surface area contributed by atoms with Crippen molar-refractivity contribution < 1.29 is 9.53 Å². The Morgan fingerprint density at radius 2 is 1.93 bits per heavy atom. The van der Waals surface area contributed by atoms with Crippen molar-refractivity contribution in [3.8, 4) is 27.3 Å². The summed E-state index contributed by atoms with van der Waals surface area (Å²) in [5, 5.41) is 5.03. The molecule has 0 atom stereocenters. The molecule has 5 heteroatoms. The van der Waals surface area contributed by atoms with Crippen molar-refractivity contribution in [2.75, 3.05) is 12.4 Å². The second-order valence-corrected chi connectivity index (χ2v) is 7.90. The Bertz CT molecular complexity index is 1260. The highest BCUT2D eigenvalue weighted by molar-refractivity contribution is 7.13. The Morgan fingerprint density at radius 3 is 2.70 bits per heavy atom. The minimum absolute atomic E-state index is 0.0955. The zero-order chi connectivity index (χ0) is 20.5. The number of pyridine rings is 1. The molecule has 30 heavy (non-hydrogen) atoms. The summed E-state index contributed by atoms with van der Waals surface area (Å²) in [7, 11) is 1.67. The van der Waals surface area contributed by atoms with Crippen molar-refractivity contribution in [1.29, 1.82) is 0 Å². The van der Waals surface area contributed by atoms with Crippen LogP contribution in [-0.2, 0) is 4.79 Å². The quantitative estimate of drug-likeness (QED) is 0.421. The van der Waals surface area contributed by atoms with Crippen molar-refractivity contribution in [3.05, 3.63) is 89.6 Å². The van der Waals surface area contributed by atoms with Crippen molar-refractivity contribution >= 4 is 34.6 Å². The number of nitrogens with zero attached hydrogens (tertiary/aromatic N) is 1. The summed E-state index contributed by atoms with van der Waals surface area (Å²) >= 11 is 1.66. The van der Waals surface area contributed by atoms with Gasteiger partial charge >= 0.3 is 0 Å². The molecule has 1 N–H and O–H groups in total. The highest BCUT2D eigenvalue weighted by atomic mass is 32.1. The van der Waals surface area contributed by atoms with Crippen LogP contribution in [0.5, 0.6) is 5.75 Å². The Labute approximate surface area is 178 Å². The van der Waals surface area contributed by atoms with Gasteiger partial charge in [-0.1, -0.05) is 30.3 Å². The molecular formula is C25H18N2O2S. The number of fused-ring (bicyclic) bond motifs is 1. The third-order valence-electron chi connectivity index (χ3n) is 5.12. The third-order valence-corrected chi connectivity index (χ3v) is 6.02. The van der Waals surface area contributed by atoms with Gasteiger partial charge in [-0.25, -0.2) is 0 Å². The van der Waals surface area contributed by atoms with E-state index in [0.29, 0.717) is 5.57 Å². The van der Waals surface area contributed by atoms with E-state index in [1.165, 1.54) is 0 Å². The summed E-state index contributed by atoms with van der Waals surface area (Å²) in [6.07, 6.45) is 5.50. The van der Waals surface area contributed by atoms with Crippen molar-refractivity contribution in [2.24, 2.45) is 0 Å². The first-order valence-corrected chi connectivity index (χ1v) is 10.4. The Hall–Kier alpha value is -3.70. The average Bonchev–Trinajstić information content (AvgIpc) is 3.42. The van der Waals surface area contributed by atoms with Crippen LogP contribution >= 0.6 is 11.3 Å². The minimum Gasteiger partial charge on any atom is -0.496 e. The lowest BCUT2D eigenvalue weighted by Crippen LogP contribution is -2.03. The van der Waals surface area contributed by atoms with Crippen LogP contribution in [0.2, 0.25) is 0 Å². The third kappa shape index (κ3) is 3.29. The van der Waals surface area contributed by atoms with Crippen LogP contribution in [0.3, 0.4) is 0 Å². The summed E-state index contributed by atoms with van der Waals surface area (Å²) in [4.78, 5) is 18.0. The van der Waals surface area contributed by atoms with Gasteiger partial charge in [-0.15, -0.1) is 11.3 Å². The van der Waals surface area contributed by atoms with Crippen molar-refractivity contribution in [2.45, 2.75) is 0 Å². The summed E-state index contributed by atoms with van der Waals surface area (Å²) in [5.74, 6) is 0.721. The van der Waals surface area contributed by atoms with E-state index in [4.69, 9.17) is 4.74 Å². The second-order valence-electron chi connectivity index (χ2n) is 6.95. The van der Waals surface area contributed by atoms with E-state index in [1.54, 1.807) is 24.6 Å². The molecular weight excluding hydrogens is 392 g/mol. The van der Waals surface area contributed by atoms with Gasteiger partial charge in [0.25, 0.3) is 5.91 Å². The van der Waals surface area contributed by atoms with Gasteiger partial charge in [0.15, 0.2) is 0 Å². The van der Waals surface area contributed by atoms with E-state index in [-0.39, 0.29) is 5.91 Å². The standard InChI is InChI=1S/C25H18N2O2S/c1-29-23-9-6-16(13-21(23)24-5-3-11-30-24)12-20-19-8-7-17(14-22(19)27-25(20)28)18-4-2-10-26-15-18/h2-15H,1H3,(H,27,28)/b20-12+. The van der Waals surface area contributed by atoms with Crippen LogP contribution in [0, 0.1) is 0 Å². The van der Waals surface area contributed by atoms with Gasteiger partial charge in [0, 0.05) is 45.2 Å². The molecule has 146 valence electrons. The molecule has 1 aliphatic heterocycles. The largest absolute Gasteiger partial charge is 0.496 e. The number of ether oxygens (including phenoxy) is 1. The fourth-order valence-electron chi connectivity index (χ4n) is 3.66. The number of thiophene rings is 1. The van der Waals surface area contributed by atoms with Crippen LogP contribution < -0.4 is 10.1 Å².